The van der Waals surface area contributed by atoms with Gasteiger partial charge in [-0.25, -0.2) is 9.59 Å². The van der Waals surface area contributed by atoms with E-state index in [-0.39, 0.29) is 17.0 Å². The van der Waals surface area contributed by atoms with Crippen LogP contribution in [0.3, 0.4) is 0 Å². The third kappa shape index (κ3) is 4.77. The smallest absolute Gasteiger partial charge is 0.337 e. The van der Waals surface area contributed by atoms with Crippen LogP contribution in [0.25, 0.3) is 0 Å². The van der Waals surface area contributed by atoms with Gasteiger partial charge in [0.25, 0.3) is 0 Å². The number of hydrogen-bond acceptors (Lipinski definition) is 2. The fraction of sp³-hybridized carbons (Fsp3) is 0.500. The Balaban J connectivity index is 2.88. The number of nitrogens with one attached hydrogen (secondary N) is 2. The molecule has 0 spiro atoms. The Hall–Kier alpha value is -2.04. The molecule has 0 aliphatic heterocycles. The summed E-state index contributed by atoms with van der Waals surface area (Å²) >= 11 is 0. The maximum absolute atomic E-state index is 12.0. The molecule has 0 saturated heterocycles. The zero-order valence-electron chi connectivity index (χ0n) is 13.3. The summed E-state index contributed by atoms with van der Waals surface area (Å²) in [5.74, 6) is -1.05. The molecule has 5 heteroatoms. The summed E-state index contributed by atoms with van der Waals surface area (Å²) < 4.78 is 0. The zero-order chi connectivity index (χ0) is 16.2. The molecule has 1 rings (SSSR count). The molecule has 0 aromatic heterocycles. The Morgan fingerprint density at radius 3 is 2.38 bits per heavy atom. The van der Waals surface area contributed by atoms with Gasteiger partial charge in [0, 0.05) is 6.54 Å². The molecule has 1 aromatic carbocycles. The normalized spacial score (nSPS) is 11.1. The van der Waals surface area contributed by atoms with Crippen LogP contribution in [0.5, 0.6) is 0 Å². The molecule has 3 N–H and O–H groups in total. The monoisotopic (exact) mass is 292 g/mol. The third-order valence-corrected chi connectivity index (χ3v) is 3.63. The first kappa shape index (κ1) is 17.0. The predicted octanol–water partition coefficient (Wildman–Crippen LogP) is 3.56. The number of rotatable bonds is 5. The Labute approximate surface area is 125 Å². The zero-order valence-corrected chi connectivity index (χ0v) is 13.3. The lowest BCUT2D eigenvalue weighted by molar-refractivity contribution is 0.0698. The van der Waals surface area contributed by atoms with Gasteiger partial charge in [-0.1, -0.05) is 26.8 Å². The minimum atomic E-state index is -1.05. The van der Waals surface area contributed by atoms with E-state index in [0.29, 0.717) is 12.2 Å². The first-order chi connectivity index (χ1) is 9.66. The maximum Gasteiger partial charge on any atom is 0.337 e. The van der Waals surface area contributed by atoms with Crippen LogP contribution >= 0.6 is 0 Å². The van der Waals surface area contributed by atoms with Crippen LogP contribution < -0.4 is 10.6 Å². The number of carbonyl (C=O) groups is 2. The van der Waals surface area contributed by atoms with Gasteiger partial charge in [-0.05, 0) is 42.9 Å². The van der Waals surface area contributed by atoms with Gasteiger partial charge in [-0.15, -0.1) is 0 Å². The van der Waals surface area contributed by atoms with Crippen LogP contribution in [0.4, 0.5) is 10.5 Å². The van der Waals surface area contributed by atoms with E-state index in [0.717, 1.165) is 17.5 Å². The van der Waals surface area contributed by atoms with E-state index in [1.54, 1.807) is 13.0 Å². The molecule has 0 radical (unpaired) electrons. The standard InChI is InChI=1S/C16H24N2O3/c1-6-16(4,5)9-17-15(21)18-13-11(3)7-10(2)8-12(13)14(19)20/h7-8H,6,9H2,1-5H3,(H,19,20)(H2,17,18,21). The molecule has 0 aliphatic carbocycles. The molecule has 2 amide bonds. The molecule has 0 heterocycles. The number of amides is 2. The lowest BCUT2D eigenvalue weighted by Gasteiger charge is -2.23. The minimum absolute atomic E-state index is 0.00921. The summed E-state index contributed by atoms with van der Waals surface area (Å²) in [7, 11) is 0. The summed E-state index contributed by atoms with van der Waals surface area (Å²) in [6.45, 7) is 10.3. The number of carboxylic acids is 1. The molecule has 5 nitrogen and oxygen atoms in total. The highest BCUT2D eigenvalue weighted by atomic mass is 16.4. The topological polar surface area (TPSA) is 78.4 Å². The molecular formula is C16H24N2O3. The van der Waals surface area contributed by atoms with Crippen molar-refractivity contribution in [3.05, 3.63) is 28.8 Å². The average Bonchev–Trinajstić information content (AvgIpc) is 2.39. The lowest BCUT2D eigenvalue weighted by atomic mass is 9.90. The van der Waals surface area contributed by atoms with Crippen molar-refractivity contribution in [2.45, 2.75) is 41.0 Å². The second-order valence-electron chi connectivity index (χ2n) is 6.13. The van der Waals surface area contributed by atoms with Gasteiger partial charge in [-0.2, -0.15) is 0 Å². The van der Waals surface area contributed by atoms with Crippen molar-refractivity contribution in [2.24, 2.45) is 5.41 Å². The van der Waals surface area contributed by atoms with E-state index in [1.807, 2.05) is 13.0 Å². The molecule has 0 bridgehead atoms. The Morgan fingerprint density at radius 2 is 1.86 bits per heavy atom. The molecule has 0 aliphatic rings. The van der Waals surface area contributed by atoms with Gasteiger partial charge < -0.3 is 15.7 Å². The van der Waals surface area contributed by atoms with Crippen molar-refractivity contribution in [1.82, 2.24) is 5.32 Å². The summed E-state index contributed by atoms with van der Waals surface area (Å²) in [5, 5.41) is 14.7. The van der Waals surface area contributed by atoms with Crippen molar-refractivity contribution in [3.63, 3.8) is 0 Å². The van der Waals surface area contributed by atoms with Gasteiger partial charge >= 0.3 is 12.0 Å². The van der Waals surface area contributed by atoms with E-state index in [1.165, 1.54) is 0 Å². The summed E-state index contributed by atoms with van der Waals surface area (Å²) in [6.07, 6.45) is 0.942. The number of carbonyl (C=O) groups excluding carboxylic acids is 1. The highest BCUT2D eigenvalue weighted by Crippen LogP contribution is 2.23. The predicted molar refractivity (Wildman–Crippen MR) is 84.0 cm³/mol. The van der Waals surface area contributed by atoms with Crippen LogP contribution in [-0.2, 0) is 0 Å². The Morgan fingerprint density at radius 1 is 1.24 bits per heavy atom. The van der Waals surface area contributed by atoms with Crippen LogP contribution in [-0.4, -0.2) is 23.7 Å². The highest BCUT2D eigenvalue weighted by Gasteiger charge is 2.18. The second kappa shape index (κ2) is 6.61. The van der Waals surface area contributed by atoms with E-state index >= 15 is 0 Å². The molecule has 1 aromatic rings. The van der Waals surface area contributed by atoms with Gasteiger partial charge in [0.05, 0.1) is 11.3 Å². The Bertz CT molecular complexity index is 551. The van der Waals surface area contributed by atoms with Crippen LogP contribution in [0.1, 0.15) is 48.7 Å². The largest absolute Gasteiger partial charge is 0.478 e. The van der Waals surface area contributed by atoms with Crippen molar-refractivity contribution < 1.29 is 14.7 Å². The molecule has 0 saturated carbocycles. The number of anilines is 1. The minimum Gasteiger partial charge on any atom is -0.478 e. The average molecular weight is 292 g/mol. The van der Waals surface area contributed by atoms with Gasteiger partial charge in [-0.3, -0.25) is 0 Å². The number of benzene rings is 1. The summed E-state index contributed by atoms with van der Waals surface area (Å²) in [6, 6.07) is 3.02. The Kier molecular flexibility index (Phi) is 5.35. The highest BCUT2D eigenvalue weighted by molar-refractivity contribution is 6.01. The van der Waals surface area contributed by atoms with E-state index in [2.05, 4.69) is 31.4 Å². The fourth-order valence-corrected chi connectivity index (χ4v) is 1.90. The molecule has 21 heavy (non-hydrogen) atoms. The van der Waals surface area contributed by atoms with Gasteiger partial charge in [0.2, 0.25) is 0 Å². The van der Waals surface area contributed by atoms with E-state index in [4.69, 9.17) is 0 Å². The number of hydrogen-bond donors (Lipinski definition) is 3. The van der Waals surface area contributed by atoms with Crippen molar-refractivity contribution in [3.8, 4) is 0 Å². The van der Waals surface area contributed by atoms with Crippen LogP contribution in [0, 0.1) is 19.3 Å². The molecule has 116 valence electrons. The van der Waals surface area contributed by atoms with Crippen LogP contribution in [0.2, 0.25) is 0 Å². The SMILES string of the molecule is CCC(C)(C)CNC(=O)Nc1c(C)cc(C)cc1C(=O)O. The van der Waals surface area contributed by atoms with Crippen molar-refractivity contribution in [2.75, 3.05) is 11.9 Å². The first-order valence-corrected chi connectivity index (χ1v) is 7.05. The van der Waals surface area contributed by atoms with Crippen molar-refractivity contribution in [1.29, 1.82) is 0 Å². The van der Waals surface area contributed by atoms with Gasteiger partial charge in [0.1, 0.15) is 0 Å². The molecule has 0 fully saturated rings. The lowest BCUT2D eigenvalue weighted by Crippen LogP contribution is -2.36. The molecular weight excluding hydrogens is 268 g/mol. The number of urea groups is 1. The van der Waals surface area contributed by atoms with E-state index in [9.17, 15) is 14.7 Å². The number of aryl methyl sites for hydroxylation is 2. The number of aromatic carboxylic acids is 1. The molecule has 0 unspecified atom stereocenters. The van der Waals surface area contributed by atoms with Crippen molar-refractivity contribution >= 4 is 17.7 Å². The first-order valence-electron chi connectivity index (χ1n) is 7.05. The fourth-order valence-electron chi connectivity index (χ4n) is 1.90. The van der Waals surface area contributed by atoms with E-state index < -0.39 is 5.97 Å². The quantitative estimate of drug-likeness (QED) is 0.776. The van der Waals surface area contributed by atoms with Gasteiger partial charge in [0.15, 0.2) is 0 Å². The van der Waals surface area contributed by atoms with Crippen LogP contribution in [0.15, 0.2) is 12.1 Å². The molecule has 0 atom stereocenters. The second-order valence-corrected chi connectivity index (χ2v) is 6.13. The third-order valence-electron chi connectivity index (χ3n) is 3.63. The number of carboxylic acid groups (broad SMARTS) is 1. The summed E-state index contributed by atoms with van der Waals surface area (Å²) in [4.78, 5) is 23.3. The summed E-state index contributed by atoms with van der Waals surface area (Å²) in [5.41, 5.74) is 2.05. The maximum atomic E-state index is 12.0.